The standard InChI is InChI=1S/C15H15F2N3O3/c1-20-5-6-22-12(8-20)15(21)18-13-7-11(19-23-13)14-9(16)3-2-4-10(14)17/h2-4,7,12H,5-6,8H2,1H3,(H,18,21)/t12-/m0/s1. The summed E-state index contributed by atoms with van der Waals surface area (Å²) in [6.45, 7) is 1.66. The molecule has 1 aliphatic rings. The molecular weight excluding hydrogens is 308 g/mol. The van der Waals surface area contributed by atoms with Gasteiger partial charge < -0.3 is 14.2 Å². The molecule has 1 atom stereocenters. The maximum atomic E-state index is 13.7. The van der Waals surface area contributed by atoms with Crippen LogP contribution in [0.4, 0.5) is 14.7 Å². The second-order valence-corrected chi connectivity index (χ2v) is 5.28. The van der Waals surface area contributed by atoms with Gasteiger partial charge in [-0.25, -0.2) is 8.78 Å². The highest BCUT2D eigenvalue weighted by atomic mass is 19.1. The SMILES string of the molecule is CN1CCO[C@H](C(=O)Nc2cc(-c3c(F)cccc3F)no2)C1. The molecule has 1 fully saturated rings. The minimum absolute atomic E-state index is 0.00415. The van der Waals surface area contributed by atoms with Gasteiger partial charge in [-0.3, -0.25) is 10.1 Å². The number of anilines is 1. The summed E-state index contributed by atoms with van der Waals surface area (Å²) in [4.78, 5) is 14.1. The average molecular weight is 323 g/mol. The highest BCUT2D eigenvalue weighted by Gasteiger charge is 2.26. The molecule has 2 aromatic rings. The number of likely N-dealkylation sites (N-methyl/N-ethyl adjacent to an activating group) is 1. The molecule has 0 radical (unpaired) electrons. The van der Waals surface area contributed by atoms with E-state index in [0.29, 0.717) is 13.2 Å². The number of morpholine rings is 1. The van der Waals surface area contributed by atoms with E-state index in [4.69, 9.17) is 9.26 Å². The monoisotopic (exact) mass is 323 g/mol. The number of halogens is 2. The van der Waals surface area contributed by atoms with Gasteiger partial charge in [0, 0.05) is 19.2 Å². The van der Waals surface area contributed by atoms with Crippen molar-refractivity contribution < 1.29 is 22.8 Å². The second kappa shape index (κ2) is 6.43. The fourth-order valence-electron chi connectivity index (χ4n) is 2.33. The molecule has 1 aliphatic heterocycles. The Hall–Kier alpha value is -2.32. The van der Waals surface area contributed by atoms with Crippen molar-refractivity contribution in [1.29, 1.82) is 0 Å². The van der Waals surface area contributed by atoms with E-state index in [0.717, 1.165) is 18.7 Å². The van der Waals surface area contributed by atoms with Crippen LogP contribution < -0.4 is 5.32 Å². The summed E-state index contributed by atoms with van der Waals surface area (Å²) in [5.41, 5.74) is -0.331. The quantitative estimate of drug-likeness (QED) is 0.934. The number of rotatable bonds is 3. The number of nitrogens with zero attached hydrogens (tertiary/aromatic N) is 2. The van der Waals surface area contributed by atoms with Gasteiger partial charge in [0.05, 0.1) is 12.2 Å². The van der Waals surface area contributed by atoms with Gasteiger partial charge in [-0.1, -0.05) is 11.2 Å². The van der Waals surface area contributed by atoms with E-state index in [1.807, 2.05) is 11.9 Å². The highest BCUT2D eigenvalue weighted by molar-refractivity contribution is 5.93. The number of benzene rings is 1. The summed E-state index contributed by atoms with van der Waals surface area (Å²) >= 11 is 0. The van der Waals surface area contributed by atoms with Crippen molar-refractivity contribution in [2.24, 2.45) is 0 Å². The van der Waals surface area contributed by atoms with Crippen molar-refractivity contribution >= 4 is 11.8 Å². The molecule has 0 unspecified atom stereocenters. The lowest BCUT2D eigenvalue weighted by atomic mass is 10.1. The first-order chi connectivity index (χ1) is 11.0. The first-order valence-electron chi connectivity index (χ1n) is 7.06. The van der Waals surface area contributed by atoms with E-state index >= 15 is 0 Å². The Bertz CT molecular complexity index is 699. The molecule has 1 N–H and O–H groups in total. The van der Waals surface area contributed by atoms with E-state index < -0.39 is 23.6 Å². The predicted octanol–water partition coefficient (Wildman–Crippen LogP) is 1.89. The molecule has 0 aliphatic carbocycles. The molecule has 0 spiro atoms. The van der Waals surface area contributed by atoms with Gasteiger partial charge in [0.15, 0.2) is 0 Å². The largest absolute Gasteiger partial charge is 0.366 e. The Kier molecular flexibility index (Phi) is 4.35. The third-order valence-corrected chi connectivity index (χ3v) is 3.54. The lowest BCUT2D eigenvalue weighted by molar-refractivity contribution is -0.132. The number of aromatic nitrogens is 1. The summed E-state index contributed by atoms with van der Waals surface area (Å²) in [7, 11) is 1.89. The van der Waals surface area contributed by atoms with Crippen LogP contribution in [0.1, 0.15) is 0 Å². The molecule has 0 bridgehead atoms. The van der Waals surface area contributed by atoms with Crippen LogP contribution in [0.15, 0.2) is 28.8 Å². The Morgan fingerprint density at radius 1 is 1.39 bits per heavy atom. The maximum Gasteiger partial charge on any atom is 0.257 e. The number of carbonyl (C=O) groups is 1. The molecule has 1 aromatic heterocycles. The van der Waals surface area contributed by atoms with Crippen LogP contribution in [0.2, 0.25) is 0 Å². The van der Waals surface area contributed by atoms with E-state index in [9.17, 15) is 13.6 Å². The number of hydrogen-bond donors (Lipinski definition) is 1. The predicted molar refractivity (Wildman–Crippen MR) is 77.7 cm³/mol. The van der Waals surface area contributed by atoms with Gasteiger partial charge in [-0.2, -0.15) is 0 Å². The van der Waals surface area contributed by atoms with Crippen LogP contribution in [0, 0.1) is 11.6 Å². The summed E-state index contributed by atoms with van der Waals surface area (Å²) in [6.07, 6.45) is -0.632. The molecule has 3 rings (SSSR count). The Labute approximate surface area is 131 Å². The maximum absolute atomic E-state index is 13.7. The molecular formula is C15H15F2N3O3. The Morgan fingerprint density at radius 2 is 2.13 bits per heavy atom. The van der Waals surface area contributed by atoms with Crippen molar-refractivity contribution in [3.8, 4) is 11.3 Å². The summed E-state index contributed by atoms with van der Waals surface area (Å²) < 4.78 is 37.7. The lowest BCUT2D eigenvalue weighted by Gasteiger charge is -2.28. The zero-order valence-electron chi connectivity index (χ0n) is 12.4. The molecule has 2 heterocycles. The zero-order valence-corrected chi connectivity index (χ0v) is 12.4. The molecule has 6 nitrogen and oxygen atoms in total. The average Bonchev–Trinajstić information content (AvgIpc) is 2.95. The lowest BCUT2D eigenvalue weighted by Crippen LogP contribution is -2.46. The fraction of sp³-hybridized carbons (Fsp3) is 0.333. The molecule has 0 saturated carbocycles. The van der Waals surface area contributed by atoms with Crippen LogP contribution >= 0.6 is 0 Å². The normalized spacial score (nSPS) is 18.8. The van der Waals surface area contributed by atoms with Gasteiger partial charge in [-0.15, -0.1) is 0 Å². The van der Waals surface area contributed by atoms with Gasteiger partial charge in [0.1, 0.15) is 23.4 Å². The highest BCUT2D eigenvalue weighted by Crippen LogP contribution is 2.27. The first-order valence-corrected chi connectivity index (χ1v) is 7.06. The number of hydrogen-bond acceptors (Lipinski definition) is 5. The molecule has 8 heteroatoms. The van der Waals surface area contributed by atoms with E-state index in [2.05, 4.69) is 10.5 Å². The Balaban J connectivity index is 1.73. The molecule has 23 heavy (non-hydrogen) atoms. The van der Waals surface area contributed by atoms with Crippen LogP contribution in [0.25, 0.3) is 11.3 Å². The van der Waals surface area contributed by atoms with Gasteiger partial charge in [0.2, 0.25) is 5.88 Å². The van der Waals surface area contributed by atoms with Crippen molar-refractivity contribution in [2.75, 3.05) is 32.1 Å². The summed E-state index contributed by atoms with van der Waals surface area (Å²) in [5.74, 6) is -1.90. The smallest absolute Gasteiger partial charge is 0.257 e. The Morgan fingerprint density at radius 3 is 2.83 bits per heavy atom. The number of nitrogens with one attached hydrogen (secondary N) is 1. The van der Waals surface area contributed by atoms with Crippen LogP contribution in [0.5, 0.6) is 0 Å². The molecule has 122 valence electrons. The van der Waals surface area contributed by atoms with Crippen LogP contribution in [-0.2, 0) is 9.53 Å². The first kappa shape index (κ1) is 15.6. The van der Waals surface area contributed by atoms with Gasteiger partial charge in [-0.05, 0) is 19.2 Å². The van der Waals surface area contributed by atoms with Gasteiger partial charge >= 0.3 is 0 Å². The fourth-order valence-corrected chi connectivity index (χ4v) is 2.33. The second-order valence-electron chi connectivity index (χ2n) is 5.28. The third kappa shape index (κ3) is 3.38. The minimum Gasteiger partial charge on any atom is -0.366 e. The topological polar surface area (TPSA) is 67.6 Å². The van der Waals surface area contributed by atoms with Crippen molar-refractivity contribution in [3.05, 3.63) is 35.9 Å². The number of ether oxygens (including phenoxy) is 1. The number of carbonyl (C=O) groups excluding carboxylic acids is 1. The van der Waals surface area contributed by atoms with Crippen molar-refractivity contribution in [2.45, 2.75) is 6.10 Å². The van der Waals surface area contributed by atoms with E-state index in [1.165, 1.54) is 12.1 Å². The molecule has 1 amide bonds. The van der Waals surface area contributed by atoms with Crippen molar-refractivity contribution in [3.63, 3.8) is 0 Å². The molecule has 1 saturated heterocycles. The minimum atomic E-state index is -0.756. The third-order valence-electron chi connectivity index (χ3n) is 3.54. The van der Waals surface area contributed by atoms with Gasteiger partial charge in [0.25, 0.3) is 5.91 Å². The van der Waals surface area contributed by atoms with E-state index in [1.54, 1.807) is 0 Å². The molecule has 1 aromatic carbocycles. The number of amides is 1. The summed E-state index contributed by atoms with van der Waals surface area (Å²) in [6, 6.07) is 4.77. The van der Waals surface area contributed by atoms with Crippen LogP contribution in [-0.4, -0.2) is 48.8 Å². The van der Waals surface area contributed by atoms with Crippen molar-refractivity contribution in [1.82, 2.24) is 10.1 Å². The van der Waals surface area contributed by atoms with E-state index in [-0.39, 0.29) is 17.1 Å². The summed E-state index contributed by atoms with van der Waals surface area (Å²) in [5, 5.41) is 6.10. The van der Waals surface area contributed by atoms with Crippen LogP contribution in [0.3, 0.4) is 0 Å². The zero-order chi connectivity index (χ0) is 16.4.